The molecule has 0 atom stereocenters. The first kappa shape index (κ1) is 17.4. The van der Waals surface area contributed by atoms with Gasteiger partial charge in [0.05, 0.1) is 0 Å². The standard InChI is InChI=1S/C13H20N2O5S/c1-10-4-5-11(12(8-10)21(14,17)18)20-9-13(16)15-6-3-7-19-2/h4-5,8H,3,6-7,9H2,1-2H3,(H,15,16)(H2,14,17,18). The second-order valence-corrected chi connectivity index (χ2v) is 6.01. The van der Waals surface area contributed by atoms with Crippen LogP contribution in [0.5, 0.6) is 5.75 Å². The topological polar surface area (TPSA) is 108 Å². The van der Waals surface area contributed by atoms with Crippen molar-refractivity contribution in [1.82, 2.24) is 5.32 Å². The minimum atomic E-state index is -3.90. The van der Waals surface area contributed by atoms with Gasteiger partial charge < -0.3 is 14.8 Å². The zero-order valence-electron chi connectivity index (χ0n) is 12.1. The molecule has 0 radical (unpaired) electrons. The first-order valence-electron chi connectivity index (χ1n) is 6.36. The van der Waals surface area contributed by atoms with Crippen LogP contribution in [-0.2, 0) is 19.6 Å². The number of amides is 1. The van der Waals surface area contributed by atoms with Gasteiger partial charge >= 0.3 is 0 Å². The Balaban J connectivity index is 2.61. The quantitative estimate of drug-likeness (QED) is 0.665. The lowest BCUT2D eigenvalue weighted by Gasteiger charge is -2.11. The van der Waals surface area contributed by atoms with Crippen molar-refractivity contribution in [2.45, 2.75) is 18.2 Å². The fraction of sp³-hybridized carbons (Fsp3) is 0.462. The van der Waals surface area contributed by atoms with Crippen LogP contribution < -0.4 is 15.2 Å². The van der Waals surface area contributed by atoms with Crippen molar-refractivity contribution in [3.8, 4) is 5.75 Å². The molecule has 1 amide bonds. The molecule has 0 saturated heterocycles. The smallest absolute Gasteiger partial charge is 0.257 e. The highest BCUT2D eigenvalue weighted by Gasteiger charge is 2.16. The highest BCUT2D eigenvalue weighted by Crippen LogP contribution is 2.23. The second-order valence-electron chi connectivity index (χ2n) is 4.48. The molecular formula is C13H20N2O5S. The Labute approximate surface area is 124 Å². The Kier molecular flexibility index (Phi) is 6.60. The van der Waals surface area contributed by atoms with E-state index in [9.17, 15) is 13.2 Å². The largest absolute Gasteiger partial charge is 0.482 e. The summed E-state index contributed by atoms with van der Waals surface area (Å²) in [7, 11) is -2.32. The zero-order chi connectivity index (χ0) is 15.9. The van der Waals surface area contributed by atoms with Gasteiger partial charge in [0, 0.05) is 20.3 Å². The fourth-order valence-corrected chi connectivity index (χ4v) is 2.35. The molecule has 1 aromatic carbocycles. The molecule has 7 nitrogen and oxygen atoms in total. The third kappa shape index (κ3) is 6.11. The molecule has 0 fully saturated rings. The number of benzene rings is 1. The van der Waals surface area contributed by atoms with Crippen LogP contribution in [0.1, 0.15) is 12.0 Å². The molecular weight excluding hydrogens is 296 g/mol. The maximum absolute atomic E-state index is 11.5. The number of hydrogen-bond donors (Lipinski definition) is 2. The van der Waals surface area contributed by atoms with Crippen LogP contribution in [0.15, 0.2) is 23.1 Å². The lowest BCUT2D eigenvalue weighted by Crippen LogP contribution is -2.30. The van der Waals surface area contributed by atoms with Gasteiger partial charge in [-0.25, -0.2) is 13.6 Å². The predicted molar refractivity (Wildman–Crippen MR) is 77.5 cm³/mol. The van der Waals surface area contributed by atoms with E-state index in [1.54, 1.807) is 20.1 Å². The molecule has 0 heterocycles. The first-order valence-corrected chi connectivity index (χ1v) is 7.91. The number of methoxy groups -OCH3 is 1. The van der Waals surface area contributed by atoms with Gasteiger partial charge in [-0.3, -0.25) is 4.79 Å². The number of hydrogen-bond acceptors (Lipinski definition) is 5. The molecule has 21 heavy (non-hydrogen) atoms. The van der Waals surface area contributed by atoms with E-state index in [1.165, 1.54) is 12.1 Å². The van der Waals surface area contributed by atoms with Crippen molar-refractivity contribution < 1.29 is 22.7 Å². The summed E-state index contributed by atoms with van der Waals surface area (Å²) in [6.45, 7) is 2.47. The number of sulfonamides is 1. The maximum atomic E-state index is 11.5. The zero-order valence-corrected chi connectivity index (χ0v) is 12.9. The van der Waals surface area contributed by atoms with Crippen molar-refractivity contribution in [3.63, 3.8) is 0 Å². The van der Waals surface area contributed by atoms with Crippen LogP contribution in [0.25, 0.3) is 0 Å². The van der Waals surface area contributed by atoms with Gasteiger partial charge in [0.2, 0.25) is 10.0 Å². The number of aryl methyl sites for hydroxylation is 1. The van der Waals surface area contributed by atoms with Crippen LogP contribution >= 0.6 is 0 Å². The molecule has 0 saturated carbocycles. The third-order valence-corrected chi connectivity index (χ3v) is 3.54. The molecule has 118 valence electrons. The number of carbonyl (C=O) groups is 1. The summed E-state index contributed by atoms with van der Waals surface area (Å²) >= 11 is 0. The summed E-state index contributed by atoms with van der Waals surface area (Å²) in [4.78, 5) is 11.4. The van der Waals surface area contributed by atoms with E-state index in [1.807, 2.05) is 0 Å². The van der Waals surface area contributed by atoms with Crippen LogP contribution in [0.2, 0.25) is 0 Å². The summed E-state index contributed by atoms with van der Waals surface area (Å²) in [5.41, 5.74) is 0.732. The van der Waals surface area contributed by atoms with Crippen molar-refractivity contribution in [1.29, 1.82) is 0 Å². The van der Waals surface area contributed by atoms with E-state index in [0.717, 1.165) is 5.56 Å². The lowest BCUT2D eigenvalue weighted by atomic mass is 10.2. The van der Waals surface area contributed by atoms with E-state index in [0.29, 0.717) is 19.6 Å². The average Bonchev–Trinajstić information content (AvgIpc) is 2.41. The van der Waals surface area contributed by atoms with E-state index < -0.39 is 10.0 Å². The lowest BCUT2D eigenvalue weighted by molar-refractivity contribution is -0.123. The average molecular weight is 316 g/mol. The van der Waals surface area contributed by atoms with Gasteiger partial charge in [-0.2, -0.15) is 0 Å². The molecule has 1 rings (SSSR count). The number of ether oxygens (including phenoxy) is 2. The number of carbonyl (C=O) groups excluding carboxylic acids is 1. The number of nitrogens with two attached hydrogens (primary N) is 1. The summed E-state index contributed by atoms with van der Waals surface area (Å²) in [5.74, 6) is -0.276. The maximum Gasteiger partial charge on any atom is 0.257 e. The second kappa shape index (κ2) is 7.96. The van der Waals surface area contributed by atoms with Crippen molar-refractivity contribution in [2.75, 3.05) is 26.9 Å². The van der Waals surface area contributed by atoms with Gasteiger partial charge in [-0.15, -0.1) is 0 Å². The van der Waals surface area contributed by atoms with Gasteiger partial charge in [0.1, 0.15) is 10.6 Å². The summed E-state index contributed by atoms with van der Waals surface area (Å²) in [6, 6.07) is 4.56. The van der Waals surface area contributed by atoms with Crippen molar-refractivity contribution >= 4 is 15.9 Å². The molecule has 0 aromatic heterocycles. The van der Waals surface area contributed by atoms with Crippen molar-refractivity contribution in [2.24, 2.45) is 5.14 Å². The van der Waals surface area contributed by atoms with Gasteiger partial charge in [-0.1, -0.05) is 6.07 Å². The Morgan fingerprint density at radius 1 is 1.38 bits per heavy atom. The van der Waals surface area contributed by atoms with Gasteiger partial charge in [-0.05, 0) is 31.0 Å². The van der Waals surface area contributed by atoms with Crippen LogP contribution in [0.4, 0.5) is 0 Å². The predicted octanol–water partition coefficient (Wildman–Crippen LogP) is 0.174. The molecule has 1 aromatic rings. The van der Waals surface area contributed by atoms with Crippen molar-refractivity contribution in [3.05, 3.63) is 23.8 Å². The van der Waals surface area contributed by atoms with Gasteiger partial charge in [0.25, 0.3) is 5.91 Å². The van der Waals surface area contributed by atoms with E-state index >= 15 is 0 Å². The molecule has 0 unspecified atom stereocenters. The molecule has 8 heteroatoms. The van der Waals surface area contributed by atoms with Crippen LogP contribution in [0.3, 0.4) is 0 Å². The highest BCUT2D eigenvalue weighted by molar-refractivity contribution is 7.89. The molecule has 0 spiro atoms. The molecule has 0 bridgehead atoms. The molecule has 0 aliphatic rings. The number of nitrogens with one attached hydrogen (secondary N) is 1. The highest BCUT2D eigenvalue weighted by atomic mass is 32.2. The third-order valence-electron chi connectivity index (χ3n) is 2.61. The molecule has 0 aliphatic carbocycles. The first-order chi connectivity index (χ1) is 9.84. The van der Waals surface area contributed by atoms with Crippen LogP contribution in [-0.4, -0.2) is 41.2 Å². The normalized spacial score (nSPS) is 11.2. The minimum absolute atomic E-state index is 0.0649. The Morgan fingerprint density at radius 2 is 2.10 bits per heavy atom. The van der Waals surface area contributed by atoms with E-state index in [4.69, 9.17) is 14.6 Å². The fourth-order valence-electron chi connectivity index (χ4n) is 1.60. The number of rotatable bonds is 8. The minimum Gasteiger partial charge on any atom is -0.482 e. The van der Waals surface area contributed by atoms with Crippen LogP contribution in [0, 0.1) is 6.92 Å². The summed E-state index contributed by atoms with van der Waals surface area (Å²) < 4.78 is 33.0. The Hall–Kier alpha value is -1.64. The SMILES string of the molecule is COCCCNC(=O)COc1ccc(C)cc1S(N)(=O)=O. The summed E-state index contributed by atoms with van der Waals surface area (Å²) in [6.07, 6.45) is 0.690. The molecule has 0 aliphatic heterocycles. The monoisotopic (exact) mass is 316 g/mol. The van der Waals surface area contributed by atoms with E-state index in [-0.39, 0.29) is 23.2 Å². The summed E-state index contributed by atoms with van der Waals surface area (Å²) in [5, 5.41) is 7.76. The molecule has 3 N–H and O–H groups in total. The Morgan fingerprint density at radius 3 is 2.71 bits per heavy atom. The number of primary sulfonamides is 1. The van der Waals surface area contributed by atoms with E-state index in [2.05, 4.69) is 5.32 Å². The van der Waals surface area contributed by atoms with Gasteiger partial charge in [0.15, 0.2) is 6.61 Å². The Bertz CT molecular complexity index is 586.